The Bertz CT molecular complexity index is 596. The van der Waals surface area contributed by atoms with Crippen molar-refractivity contribution in [1.29, 1.82) is 0 Å². The third-order valence-electron chi connectivity index (χ3n) is 2.73. The van der Waals surface area contributed by atoms with Gasteiger partial charge >= 0.3 is 0 Å². The average Bonchev–Trinajstić information content (AvgIpc) is 2.86. The van der Waals surface area contributed by atoms with Crippen molar-refractivity contribution >= 4 is 5.91 Å². The van der Waals surface area contributed by atoms with Crippen molar-refractivity contribution < 1.29 is 9.32 Å². The second-order valence-electron chi connectivity index (χ2n) is 4.59. The number of nitrogens with two attached hydrogens (primary N) is 1. The number of amides is 1. The summed E-state index contributed by atoms with van der Waals surface area (Å²) in [6.07, 6.45) is 0. The van der Waals surface area contributed by atoms with E-state index in [1.54, 1.807) is 6.07 Å². The smallest absolute Gasteiger partial charge is 0.287 e. The molecule has 0 atom stereocenters. The highest BCUT2D eigenvalue weighted by molar-refractivity contribution is 5.91. The van der Waals surface area contributed by atoms with Crippen LogP contribution in [0.2, 0.25) is 0 Å². The molecule has 0 spiro atoms. The summed E-state index contributed by atoms with van der Waals surface area (Å²) < 4.78 is 5.09. The molecular weight excluding hydrogens is 258 g/mol. The van der Waals surface area contributed by atoms with Crippen molar-refractivity contribution in [2.24, 2.45) is 5.84 Å². The molecule has 2 heterocycles. The highest BCUT2D eigenvalue weighted by atomic mass is 16.5. The standard InChI is InChI=1S/C13H17N5O2/c1-9-4-3-5-10(15-9)7-18(2)8-11-6-12(17-20-11)13(19)16-14/h3-6H,7-8,14H2,1-2H3,(H,16,19). The molecule has 0 bridgehead atoms. The maximum Gasteiger partial charge on any atom is 0.287 e. The number of hydrogen-bond donors (Lipinski definition) is 2. The number of nitrogens with zero attached hydrogens (tertiary/aromatic N) is 3. The van der Waals surface area contributed by atoms with Crippen LogP contribution in [0, 0.1) is 6.92 Å². The zero-order chi connectivity index (χ0) is 14.5. The average molecular weight is 275 g/mol. The van der Waals surface area contributed by atoms with Crippen molar-refractivity contribution in [3.8, 4) is 0 Å². The van der Waals surface area contributed by atoms with Crippen molar-refractivity contribution in [3.63, 3.8) is 0 Å². The van der Waals surface area contributed by atoms with E-state index in [0.29, 0.717) is 18.8 Å². The van der Waals surface area contributed by atoms with E-state index in [4.69, 9.17) is 10.4 Å². The molecule has 7 heteroatoms. The Labute approximate surface area is 116 Å². The Morgan fingerprint density at radius 1 is 1.45 bits per heavy atom. The number of carbonyl (C=O) groups is 1. The van der Waals surface area contributed by atoms with Crippen LogP contribution < -0.4 is 11.3 Å². The first-order valence-corrected chi connectivity index (χ1v) is 6.16. The molecule has 20 heavy (non-hydrogen) atoms. The highest BCUT2D eigenvalue weighted by Gasteiger charge is 2.12. The van der Waals surface area contributed by atoms with Gasteiger partial charge in [0.15, 0.2) is 11.5 Å². The summed E-state index contributed by atoms with van der Waals surface area (Å²) in [6.45, 7) is 3.17. The van der Waals surface area contributed by atoms with E-state index in [1.807, 2.05) is 42.5 Å². The lowest BCUT2D eigenvalue weighted by molar-refractivity contribution is 0.0944. The fraction of sp³-hybridized carbons (Fsp3) is 0.308. The predicted molar refractivity (Wildman–Crippen MR) is 72.3 cm³/mol. The van der Waals surface area contributed by atoms with Gasteiger partial charge in [0.2, 0.25) is 0 Å². The number of carbonyl (C=O) groups excluding carboxylic acids is 1. The molecule has 3 N–H and O–H groups in total. The number of nitrogens with one attached hydrogen (secondary N) is 1. The SMILES string of the molecule is Cc1cccc(CN(C)Cc2cc(C(=O)NN)no2)n1. The van der Waals surface area contributed by atoms with Crippen molar-refractivity contribution in [2.75, 3.05) is 7.05 Å². The molecule has 0 aliphatic carbocycles. The van der Waals surface area contributed by atoms with Crippen molar-refractivity contribution in [1.82, 2.24) is 20.5 Å². The summed E-state index contributed by atoms with van der Waals surface area (Å²) in [5.41, 5.74) is 4.14. The third-order valence-corrected chi connectivity index (χ3v) is 2.73. The van der Waals surface area contributed by atoms with Crippen molar-refractivity contribution in [2.45, 2.75) is 20.0 Å². The predicted octanol–water partition coefficient (Wildman–Crippen LogP) is 0.614. The Morgan fingerprint density at radius 2 is 2.25 bits per heavy atom. The minimum absolute atomic E-state index is 0.171. The number of nitrogen functional groups attached to an aromatic ring is 1. The molecule has 0 unspecified atom stereocenters. The number of aromatic nitrogens is 2. The van der Waals surface area contributed by atoms with E-state index in [9.17, 15) is 4.79 Å². The molecule has 2 rings (SSSR count). The summed E-state index contributed by atoms with van der Waals surface area (Å²) in [5, 5.41) is 3.65. The van der Waals surface area contributed by atoms with Gasteiger partial charge in [-0.3, -0.25) is 20.1 Å². The van der Waals surface area contributed by atoms with E-state index in [0.717, 1.165) is 11.4 Å². The van der Waals surface area contributed by atoms with E-state index in [1.165, 1.54) is 0 Å². The fourth-order valence-corrected chi connectivity index (χ4v) is 1.85. The van der Waals surface area contributed by atoms with Gasteiger partial charge in [0.25, 0.3) is 5.91 Å². The zero-order valence-corrected chi connectivity index (χ0v) is 11.5. The number of hydrogen-bond acceptors (Lipinski definition) is 6. The normalized spacial score (nSPS) is 10.8. The van der Waals surface area contributed by atoms with Crippen LogP contribution in [-0.4, -0.2) is 28.0 Å². The molecule has 0 aliphatic rings. The van der Waals surface area contributed by atoms with Crippen LogP contribution >= 0.6 is 0 Å². The summed E-state index contributed by atoms with van der Waals surface area (Å²) in [6, 6.07) is 7.47. The monoisotopic (exact) mass is 275 g/mol. The van der Waals surface area contributed by atoms with E-state index >= 15 is 0 Å². The Balaban J connectivity index is 1.96. The van der Waals surface area contributed by atoms with Gasteiger partial charge in [0.05, 0.1) is 12.2 Å². The van der Waals surface area contributed by atoms with Crippen molar-refractivity contribution in [3.05, 3.63) is 47.1 Å². The quantitative estimate of drug-likeness (QED) is 0.471. The minimum atomic E-state index is -0.469. The molecule has 106 valence electrons. The highest BCUT2D eigenvalue weighted by Crippen LogP contribution is 2.09. The molecule has 0 aliphatic heterocycles. The molecule has 1 amide bonds. The largest absolute Gasteiger partial charge is 0.359 e. The van der Waals surface area contributed by atoms with Gasteiger partial charge in [-0.25, -0.2) is 5.84 Å². The molecule has 0 saturated carbocycles. The van der Waals surface area contributed by atoms with Crippen LogP contribution in [0.15, 0.2) is 28.8 Å². The summed E-state index contributed by atoms with van der Waals surface area (Å²) in [7, 11) is 1.94. The van der Waals surface area contributed by atoms with Gasteiger partial charge < -0.3 is 4.52 Å². The summed E-state index contributed by atoms with van der Waals surface area (Å²) in [5.74, 6) is 5.16. The lowest BCUT2D eigenvalue weighted by Crippen LogP contribution is -2.30. The fourth-order valence-electron chi connectivity index (χ4n) is 1.85. The maximum atomic E-state index is 11.3. The van der Waals surface area contributed by atoms with Gasteiger partial charge in [-0.05, 0) is 26.1 Å². The Kier molecular flexibility index (Phi) is 4.44. The lowest BCUT2D eigenvalue weighted by Gasteiger charge is -2.14. The molecule has 0 radical (unpaired) electrons. The van der Waals surface area contributed by atoms with Crippen LogP contribution in [0.4, 0.5) is 0 Å². The Morgan fingerprint density at radius 3 is 2.95 bits per heavy atom. The first-order chi connectivity index (χ1) is 9.58. The number of rotatable bonds is 5. The minimum Gasteiger partial charge on any atom is -0.359 e. The van der Waals surface area contributed by atoms with Gasteiger partial charge in [0.1, 0.15) is 0 Å². The van der Waals surface area contributed by atoms with Crippen LogP contribution in [0.5, 0.6) is 0 Å². The number of pyridine rings is 1. The maximum absolute atomic E-state index is 11.3. The zero-order valence-electron chi connectivity index (χ0n) is 11.5. The number of aryl methyl sites for hydroxylation is 1. The lowest BCUT2D eigenvalue weighted by atomic mass is 10.3. The molecular formula is C13H17N5O2. The molecule has 0 aromatic carbocycles. The first-order valence-electron chi connectivity index (χ1n) is 6.16. The van der Waals surface area contributed by atoms with Crippen LogP contribution in [0.3, 0.4) is 0 Å². The van der Waals surface area contributed by atoms with Crippen LogP contribution in [-0.2, 0) is 13.1 Å². The molecule has 0 fully saturated rings. The molecule has 2 aromatic rings. The van der Waals surface area contributed by atoms with Gasteiger partial charge in [0, 0.05) is 18.3 Å². The molecule has 7 nitrogen and oxygen atoms in total. The second kappa shape index (κ2) is 6.27. The van der Waals surface area contributed by atoms with Gasteiger partial charge in [-0.2, -0.15) is 0 Å². The van der Waals surface area contributed by atoms with Gasteiger partial charge in [-0.15, -0.1) is 0 Å². The third kappa shape index (κ3) is 3.62. The summed E-state index contributed by atoms with van der Waals surface area (Å²) in [4.78, 5) is 17.7. The molecule has 0 saturated heterocycles. The van der Waals surface area contributed by atoms with E-state index in [-0.39, 0.29) is 5.69 Å². The van der Waals surface area contributed by atoms with E-state index in [2.05, 4.69) is 10.1 Å². The van der Waals surface area contributed by atoms with E-state index < -0.39 is 5.91 Å². The second-order valence-corrected chi connectivity index (χ2v) is 4.59. The van der Waals surface area contributed by atoms with Crippen LogP contribution in [0.1, 0.15) is 27.6 Å². The summed E-state index contributed by atoms with van der Waals surface area (Å²) >= 11 is 0. The first kappa shape index (κ1) is 14.2. The number of hydrazine groups is 1. The van der Waals surface area contributed by atoms with Gasteiger partial charge in [-0.1, -0.05) is 11.2 Å². The Hall–Kier alpha value is -2.25. The molecule has 2 aromatic heterocycles. The topological polar surface area (TPSA) is 97.3 Å². The van der Waals surface area contributed by atoms with Crippen LogP contribution in [0.25, 0.3) is 0 Å².